The molecule has 2 aromatic carbocycles. The molecular weight excluding hydrogens is 260 g/mol. The van der Waals surface area contributed by atoms with Crippen molar-refractivity contribution in [2.75, 3.05) is 12.4 Å². The Balaban J connectivity index is 2.26. The third-order valence-electron chi connectivity index (χ3n) is 3.26. The lowest BCUT2D eigenvalue weighted by atomic mass is 10.1. The number of benzene rings is 2. The average molecular weight is 277 g/mol. The van der Waals surface area contributed by atoms with E-state index in [0.717, 1.165) is 11.1 Å². The molecule has 1 unspecified atom stereocenters. The highest BCUT2D eigenvalue weighted by molar-refractivity contribution is 5.53. The van der Waals surface area contributed by atoms with Crippen molar-refractivity contribution in [2.24, 2.45) is 0 Å². The quantitative estimate of drug-likeness (QED) is 0.891. The summed E-state index contributed by atoms with van der Waals surface area (Å²) < 4.78 is 32.1. The summed E-state index contributed by atoms with van der Waals surface area (Å²) in [5, 5.41) is 3.11. The van der Waals surface area contributed by atoms with E-state index in [2.05, 4.69) is 5.32 Å². The molecule has 0 spiro atoms. The zero-order valence-corrected chi connectivity index (χ0v) is 11.7. The molecule has 0 heterocycles. The summed E-state index contributed by atoms with van der Waals surface area (Å²) in [6, 6.07) is 9.37. The van der Waals surface area contributed by atoms with Crippen LogP contribution in [0, 0.1) is 18.6 Å². The first-order valence-electron chi connectivity index (χ1n) is 6.38. The van der Waals surface area contributed by atoms with Gasteiger partial charge < -0.3 is 10.1 Å². The smallest absolute Gasteiger partial charge is 0.165 e. The Morgan fingerprint density at radius 1 is 1.10 bits per heavy atom. The summed E-state index contributed by atoms with van der Waals surface area (Å²) in [6.45, 7) is 3.72. The van der Waals surface area contributed by atoms with E-state index < -0.39 is 5.82 Å². The van der Waals surface area contributed by atoms with E-state index in [0.29, 0.717) is 5.69 Å². The second-order valence-electron chi connectivity index (χ2n) is 4.69. The van der Waals surface area contributed by atoms with Crippen LogP contribution < -0.4 is 10.1 Å². The average Bonchev–Trinajstić information content (AvgIpc) is 2.43. The van der Waals surface area contributed by atoms with E-state index in [-0.39, 0.29) is 17.6 Å². The van der Waals surface area contributed by atoms with Gasteiger partial charge in [-0.1, -0.05) is 18.2 Å². The Kier molecular flexibility index (Phi) is 4.23. The lowest BCUT2D eigenvalue weighted by Crippen LogP contribution is -2.09. The van der Waals surface area contributed by atoms with E-state index in [4.69, 9.17) is 4.74 Å². The summed E-state index contributed by atoms with van der Waals surface area (Å²) in [6.07, 6.45) is 0. The summed E-state index contributed by atoms with van der Waals surface area (Å²) in [4.78, 5) is 0. The van der Waals surface area contributed by atoms with Crippen LogP contribution in [-0.4, -0.2) is 7.11 Å². The Hall–Kier alpha value is -2.10. The van der Waals surface area contributed by atoms with Crippen molar-refractivity contribution in [3.05, 3.63) is 59.2 Å². The van der Waals surface area contributed by atoms with Crippen molar-refractivity contribution in [1.82, 2.24) is 0 Å². The predicted octanol–water partition coefficient (Wildman–Crippen LogP) is 4.45. The first-order valence-corrected chi connectivity index (χ1v) is 6.38. The molecule has 1 N–H and O–H groups in total. The van der Waals surface area contributed by atoms with Gasteiger partial charge in [0.1, 0.15) is 5.82 Å². The highest BCUT2D eigenvalue weighted by Gasteiger charge is 2.12. The predicted molar refractivity (Wildman–Crippen MR) is 76.1 cm³/mol. The van der Waals surface area contributed by atoms with Gasteiger partial charge in [0.05, 0.1) is 12.8 Å². The molecule has 0 aliphatic carbocycles. The summed E-state index contributed by atoms with van der Waals surface area (Å²) in [7, 11) is 1.42. The van der Waals surface area contributed by atoms with Gasteiger partial charge in [-0.25, -0.2) is 8.78 Å². The Morgan fingerprint density at radius 2 is 1.85 bits per heavy atom. The largest absolute Gasteiger partial charge is 0.494 e. The lowest BCUT2D eigenvalue weighted by molar-refractivity contribution is 0.385. The van der Waals surface area contributed by atoms with Crippen LogP contribution in [0.15, 0.2) is 36.4 Å². The van der Waals surface area contributed by atoms with Crippen LogP contribution in [-0.2, 0) is 0 Å². The minimum Gasteiger partial charge on any atom is -0.494 e. The van der Waals surface area contributed by atoms with Crippen molar-refractivity contribution < 1.29 is 13.5 Å². The standard InChI is InChI=1S/C16H17F2NO/c1-10-5-4-6-14(18)16(10)19-11(2)12-7-8-13(17)15(9-12)20-3/h4-9,11,19H,1-3H3. The number of anilines is 1. The minimum atomic E-state index is -0.412. The number of hydrogen-bond donors (Lipinski definition) is 1. The first kappa shape index (κ1) is 14.3. The maximum Gasteiger partial charge on any atom is 0.165 e. The van der Waals surface area contributed by atoms with Crippen LogP contribution in [0.4, 0.5) is 14.5 Å². The molecule has 0 saturated carbocycles. The van der Waals surface area contributed by atoms with Crippen molar-refractivity contribution in [3.63, 3.8) is 0 Å². The molecule has 1 atom stereocenters. The third-order valence-corrected chi connectivity index (χ3v) is 3.26. The number of methoxy groups -OCH3 is 1. The Bertz CT molecular complexity index is 593. The fraction of sp³-hybridized carbons (Fsp3) is 0.250. The van der Waals surface area contributed by atoms with Crippen molar-refractivity contribution in [1.29, 1.82) is 0 Å². The highest BCUT2D eigenvalue weighted by Crippen LogP contribution is 2.27. The molecule has 0 aromatic heterocycles. The number of aryl methyl sites for hydroxylation is 1. The van der Waals surface area contributed by atoms with E-state index in [1.165, 1.54) is 19.2 Å². The lowest BCUT2D eigenvalue weighted by Gasteiger charge is -2.18. The van der Waals surface area contributed by atoms with Gasteiger partial charge in [0.15, 0.2) is 11.6 Å². The molecule has 0 saturated heterocycles. The molecule has 20 heavy (non-hydrogen) atoms. The van der Waals surface area contributed by atoms with Gasteiger partial charge in [-0.05, 0) is 43.2 Å². The number of ether oxygens (including phenoxy) is 1. The van der Waals surface area contributed by atoms with E-state index in [9.17, 15) is 8.78 Å². The maximum atomic E-state index is 13.8. The summed E-state index contributed by atoms with van der Waals surface area (Å²) >= 11 is 0. The number of para-hydroxylation sites is 1. The monoisotopic (exact) mass is 277 g/mol. The molecule has 2 nitrogen and oxygen atoms in total. The second-order valence-corrected chi connectivity index (χ2v) is 4.69. The van der Waals surface area contributed by atoms with Gasteiger partial charge in [-0.2, -0.15) is 0 Å². The van der Waals surface area contributed by atoms with Crippen molar-refractivity contribution >= 4 is 5.69 Å². The second kappa shape index (κ2) is 5.90. The molecule has 4 heteroatoms. The number of hydrogen-bond acceptors (Lipinski definition) is 2. The molecule has 106 valence electrons. The van der Waals surface area contributed by atoms with Gasteiger partial charge in [-0.15, -0.1) is 0 Å². The zero-order chi connectivity index (χ0) is 14.7. The number of halogens is 2. The fourth-order valence-corrected chi connectivity index (χ4v) is 2.06. The van der Waals surface area contributed by atoms with Crippen LogP contribution in [0.1, 0.15) is 24.1 Å². The highest BCUT2D eigenvalue weighted by atomic mass is 19.1. The minimum absolute atomic E-state index is 0.167. The van der Waals surface area contributed by atoms with Gasteiger partial charge in [0.25, 0.3) is 0 Å². The Labute approximate surface area is 117 Å². The third kappa shape index (κ3) is 2.90. The van der Waals surface area contributed by atoms with E-state index in [1.54, 1.807) is 18.2 Å². The SMILES string of the molecule is COc1cc(C(C)Nc2c(C)cccc2F)ccc1F. The summed E-state index contributed by atoms with van der Waals surface area (Å²) in [5.74, 6) is -0.530. The Morgan fingerprint density at radius 3 is 2.50 bits per heavy atom. The zero-order valence-electron chi connectivity index (χ0n) is 11.7. The maximum absolute atomic E-state index is 13.8. The molecule has 0 aliphatic rings. The molecule has 0 fully saturated rings. The topological polar surface area (TPSA) is 21.3 Å². The van der Waals surface area contributed by atoms with Crippen LogP contribution in [0.25, 0.3) is 0 Å². The molecule has 0 bridgehead atoms. The van der Waals surface area contributed by atoms with E-state index >= 15 is 0 Å². The molecule has 2 aromatic rings. The van der Waals surface area contributed by atoms with Crippen molar-refractivity contribution in [2.45, 2.75) is 19.9 Å². The summed E-state index contributed by atoms with van der Waals surface area (Å²) in [5.41, 5.74) is 2.11. The van der Waals surface area contributed by atoms with Crippen LogP contribution in [0.5, 0.6) is 5.75 Å². The molecular formula is C16H17F2NO. The van der Waals surface area contributed by atoms with Gasteiger partial charge >= 0.3 is 0 Å². The molecule has 0 aliphatic heterocycles. The number of rotatable bonds is 4. The van der Waals surface area contributed by atoms with Gasteiger partial charge in [0.2, 0.25) is 0 Å². The van der Waals surface area contributed by atoms with E-state index in [1.807, 2.05) is 19.9 Å². The van der Waals surface area contributed by atoms with Crippen LogP contribution >= 0.6 is 0 Å². The number of nitrogens with one attached hydrogen (secondary N) is 1. The normalized spacial score (nSPS) is 12.1. The van der Waals surface area contributed by atoms with Crippen molar-refractivity contribution in [3.8, 4) is 5.75 Å². The van der Waals surface area contributed by atoms with Gasteiger partial charge in [0, 0.05) is 6.04 Å². The molecule has 2 rings (SSSR count). The first-order chi connectivity index (χ1) is 9.52. The van der Waals surface area contributed by atoms with Gasteiger partial charge in [-0.3, -0.25) is 0 Å². The van der Waals surface area contributed by atoms with Crippen LogP contribution in [0.2, 0.25) is 0 Å². The van der Waals surface area contributed by atoms with Crippen LogP contribution in [0.3, 0.4) is 0 Å². The molecule has 0 radical (unpaired) electrons. The fourth-order valence-electron chi connectivity index (χ4n) is 2.06. The molecule has 0 amide bonds.